The fourth-order valence-corrected chi connectivity index (χ4v) is 9.29. The molecule has 18 heteroatoms. The molecule has 0 saturated heterocycles. The van der Waals surface area contributed by atoms with Gasteiger partial charge in [0.15, 0.2) is 23.0 Å². The van der Waals surface area contributed by atoms with E-state index in [1.807, 2.05) is 60.7 Å². The number of aromatic hydroxyl groups is 2. The highest BCUT2D eigenvalue weighted by molar-refractivity contribution is 6.06. The van der Waals surface area contributed by atoms with Crippen LogP contribution in [0.4, 0.5) is 21.0 Å². The number of phenols is 2. The summed E-state index contributed by atoms with van der Waals surface area (Å²) in [7, 11) is 0. The second-order valence-electron chi connectivity index (χ2n) is 19.5. The molecule has 12 rings (SSSR count). The molecule has 0 spiro atoms. The van der Waals surface area contributed by atoms with Gasteiger partial charge < -0.3 is 50.4 Å². The molecule has 6 N–H and O–H groups in total. The van der Waals surface area contributed by atoms with Crippen LogP contribution in [0, 0.1) is 0 Å². The summed E-state index contributed by atoms with van der Waals surface area (Å²) in [5, 5.41) is 42.2. The maximum atomic E-state index is 13.4. The zero-order chi connectivity index (χ0) is 53.7. The largest absolute Gasteiger partial charge is 0.507 e. The van der Waals surface area contributed by atoms with Crippen LogP contribution in [0.25, 0.3) is 22.5 Å². The lowest BCUT2D eigenvalue weighted by Crippen LogP contribution is -2.38. The summed E-state index contributed by atoms with van der Waals surface area (Å²) in [6, 6.07) is 42.5. The van der Waals surface area contributed by atoms with E-state index in [2.05, 4.69) is 50.5 Å². The number of nitrogens with zero attached hydrogens (tertiary/aromatic N) is 4. The van der Waals surface area contributed by atoms with Crippen LogP contribution in [0.15, 0.2) is 146 Å². The third-order valence-corrected chi connectivity index (χ3v) is 13.9. The minimum absolute atomic E-state index is 0.00207. The summed E-state index contributed by atoms with van der Waals surface area (Å²) in [5.41, 5.74) is 7.40. The first-order valence-electron chi connectivity index (χ1n) is 26.0. The van der Waals surface area contributed by atoms with Gasteiger partial charge >= 0.3 is 12.1 Å². The van der Waals surface area contributed by atoms with Crippen LogP contribution in [-0.4, -0.2) is 73.3 Å². The molecule has 1 unspecified atom stereocenters. The van der Waals surface area contributed by atoms with Gasteiger partial charge in [0.05, 0.1) is 22.8 Å². The van der Waals surface area contributed by atoms with E-state index in [1.54, 1.807) is 60.7 Å². The van der Waals surface area contributed by atoms with Crippen LogP contribution < -0.4 is 40.2 Å². The Labute approximate surface area is 448 Å². The normalized spacial score (nSPS) is 14.2. The van der Waals surface area contributed by atoms with E-state index in [-0.39, 0.29) is 66.8 Å². The highest BCUT2D eigenvalue weighted by Gasteiger charge is 2.33. The van der Waals surface area contributed by atoms with Gasteiger partial charge in [-0.15, -0.1) is 0 Å². The lowest BCUT2D eigenvalue weighted by atomic mass is 10.0. The Balaban J connectivity index is 0.000000166. The molecule has 1 atom stereocenters. The third kappa shape index (κ3) is 11.6. The van der Waals surface area contributed by atoms with Crippen molar-refractivity contribution in [3.05, 3.63) is 179 Å². The first-order valence-corrected chi connectivity index (χ1v) is 26.0. The number of rotatable bonds is 15. The molecule has 0 radical (unpaired) electrons. The van der Waals surface area contributed by atoms with Crippen molar-refractivity contribution < 1.29 is 48.3 Å². The van der Waals surface area contributed by atoms with Crippen LogP contribution >= 0.6 is 0 Å². The van der Waals surface area contributed by atoms with Crippen molar-refractivity contribution in [3.63, 3.8) is 0 Å². The van der Waals surface area contributed by atoms with Gasteiger partial charge in [0.25, 0.3) is 11.8 Å². The number of anilines is 2. The van der Waals surface area contributed by atoms with Crippen molar-refractivity contribution in [2.24, 2.45) is 0 Å². The first kappa shape index (κ1) is 50.6. The van der Waals surface area contributed by atoms with Gasteiger partial charge in [0.2, 0.25) is 13.6 Å². The number of aryl methyl sites for hydroxylation is 1. The Hall–Kier alpha value is -9.58. The van der Waals surface area contributed by atoms with Gasteiger partial charge in [-0.05, 0) is 141 Å². The number of carbonyl (C=O) groups is 4. The highest BCUT2D eigenvalue weighted by atomic mass is 16.7. The molecule has 4 amide bonds. The lowest BCUT2D eigenvalue weighted by molar-refractivity contribution is 0.101. The number of ether oxygens (including phenoxy) is 4. The number of carbonyl (C=O) groups excluding carboxylic acids is 4. The van der Waals surface area contributed by atoms with Gasteiger partial charge in [-0.25, -0.2) is 9.59 Å². The Morgan fingerprint density at radius 3 is 1.53 bits per heavy atom. The molecular formula is C60H56N8O10. The molecule has 2 aromatic heterocycles. The van der Waals surface area contributed by atoms with Crippen molar-refractivity contribution in [1.29, 1.82) is 0 Å². The molecule has 2 fully saturated rings. The van der Waals surface area contributed by atoms with Crippen LogP contribution in [0.3, 0.4) is 0 Å². The topological polar surface area (TPSA) is 229 Å². The third-order valence-electron chi connectivity index (χ3n) is 13.9. The van der Waals surface area contributed by atoms with E-state index in [0.717, 1.165) is 61.9 Å². The molecule has 396 valence electrons. The smallest absolute Gasteiger partial charge is 0.342 e. The monoisotopic (exact) mass is 1050 g/mol. The Kier molecular flexibility index (Phi) is 14.5. The van der Waals surface area contributed by atoms with E-state index in [9.17, 15) is 29.4 Å². The number of amides is 4. The number of fused-ring (bicyclic) bond motifs is 2. The number of nitrogens with one attached hydrogen (secondary N) is 4. The Bertz CT molecular complexity index is 3540. The Morgan fingerprint density at radius 2 is 1.04 bits per heavy atom. The van der Waals surface area contributed by atoms with E-state index >= 15 is 0 Å². The number of phenolic OH excluding ortho intramolecular Hbond substituents is 2. The number of benzene rings is 6. The predicted molar refractivity (Wildman–Crippen MR) is 290 cm³/mol. The lowest BCUT2D eigenvalue weighted by Gasteiger charge is -2.17. The second-order valence-corrected chi connectivity index (χ2v) is 19.5. The zero-order valence-electron chi connectivity index (χ0n) is 42.6. The molecule has 2 aliphatic carbocycles. The van der Waals surface area contributed by atoms with Gasteiger partial charge in [-0.2, -0.15) is 19.6 Å². The highest BCUT2D eigenvalue weighted by Crippen LogP contribution is 2.44. The second kappa shape index (κ2) is 22.3. The van der Waals surface area contributed by atoms with Crippen molar-refractivity contribution in [3.8, 4) is 57.0 Å². The molecule has 2 saturated carbocycles. The van der Waals surface area contributed by atoms with Crippen LogP contribution in [-0.2, 0) is 13.0 Å². The van der Waals surface area contributed by atoms with Gasteiger partial charge in [-0.3, -0.25) is 9.59 Å². The molecule has 8 aromatic rings. The maximum absolute atomic E-state index is 13.4. The molecule has 4 aliphatic rings. The minimum atomic E-state index is -0.334. The van der Waals surface area contributed by atoms with Crippen LogP contribution in [0.1, 0.15) is 101 Å². The fourth-order valence-electron chi connectivity index (χ4n) is 9.29. The summed E-state index contributed by atoms with van der Waals surface area (Å²) < 4.78 is 24.2. The quantitative estimate of drug-likeness (QED) is 0.0527. The zero-order valence-corrected chi connectivity index (χ0v) is 42.6. The average Bonchev–Trinajstić information content (AvgIpc) is 4.28. The number of hydrogen-bond acceptors (Lipinski definition) is 12. The molecule has 78 heavy (non-hydrogen) atoms. The summed E-state index contributed by atoms with van der Waals surface area (Å²) in [4.78, 5) is 52.2. The Morgan fingerprint density at radius 1 is 0.564 bits per heavy atom. The van der Waals surface area contributed by atoms with Crippen LogP contribution in [0.5, 0.6) is 34.5 Å². The summed E-state index contributed by atoms with van der Waals surface area (Å²) in [6.45, 7) is 2.70. The fraction of sp³-hybridized carbons (Fsp3) is 0.233. The summed E-state index contributed by atoms with van der Waals surface area (Å²) >= 11 is 0. The van der Waals surface area contributed by atoms with Gasteiger partial charge in [0.1, 0.15) is 11.5 Å². The van der Waals surface area contributed by atoms with E-state index in [4.69, 9.17) is 18.9 Å². The van der Waals surface area contributed by atoms with Crippen molar-refractivity contribution >= 4 is 35.3 Å². The minimum Gasteiger partial charge on any atom is -0.507 e. The van der Waals surface area contributed by atoms with Crippen molar-refractivity contribution in [1.82, 2.24) is 30.2 Å². The first-order chi connectivity index (χ1) is 38.0. The number of hydrogen-bond donors (Lipinski definition) is 6. The summed E-state index contributed by atoms with van der Waals surface area (Å²) in [6.07, 6.45) is 6.44. The predicted octanol–water partition coefficient (Wildman–Crippen LogP) is 11.0. The molecule has 4 heterocycles. The maximum Gasteiger partial charge on any atom is 0.342 e. The molecule has 6 aromatic carbocycles. The molecular weight excluding hydrogens is 993 g/mol. The number of aromatic nitrogens is 4. The molecule has 2 aliphatic heterocycles. The van der Waals surface area contributed by atoms with Gasteiger partial charge in [-0.1, -0.05) is 67.6 Å². The van der Waals surface area contributed by atoms with Crippen LogP contribution in [0.2, 0.25) is 0 Å². The SMILES string of the molecule is CCC(CCc1ccccc1)NC(=O)n1nc(-c2cc(NC(=O)c3ccc4c(c3)OCO4)ccc2O)cc1C1CC1.O=C(Nc1ccc(O)c(-c2cc(C3CC3)n(C(=O)NCc3ccccc3)n2)c1)c1ccc2c(c1)OCO2. The van der Waals surface area contributed by atoms with E-state index in [0.29, 0.717) is 74.6 Å². The van der Waals surface area contributed by atoms with E-state index < -0.39 is 0 Å². The summed E-state index contributed by atoms with van der Waals surface area (Å²) in [5.74, 6) is 2.07. The van der Waals surface area contributed by atoms with Crippen molar-refractivity contribution in [2.45, 2.75) is 76.3 Å². The standard InChI is InChI=1S/C32H32N4O5.C28H24N4O5/c1-2-23(12-8-20-6-4-3-5-7-20)34-32(39)36-27(21-9-10-21)18-26(35-36)25-17-24(13-14-28(25)37)33-31(38)22-11-15-29-30(16-22)41-19-40-29;33-24-10-9-20(30-27(34)19-8-11-25-26(12-19)37-16-36-25)13-21(24)22-14-23(18-6-7-18)32(31-22)28(35)29-15-17-4-2-1-3-5-17/h3-7,11,13-18,21,23,37H,2,8-10,12,19H2,1H3,(H,33,38)(H,34,39);1-5,8-14,18,33H,6-7,15-16H2,(H,29,35)(H,30,34). The van der Waals surface area contributed by atoms with E-state index in [1.165, 1.54) is 27.1 Å². The molecule has 18 nitrogen and oxygen atoms in total. The van der Waals surface area contributed by atoms with Gasteiger partial charge in [0, 0.05) is 58.1 Å². The van der Waals surface area contributed by atoms with Crippen molar-refractivity contribution in [2.75, 3.05) is 24.2 Å². The average molecular weight is 1050 g/mol. The molecule has 0 bridgehead atoms.